The van der Waals surface area contributed by atoms with E-state index in [9.17, 15) is 0 Å². The van der Waals surface area contributed by atoms with Gasteiger partial charge in [-0.05, 0) is 12.8 Å². The molecule has 0 saturated heterocycles. The van der Waals surface area contributed by atoms with Crippen molar-refractivity contribution < 1.29 is 5.21 Å². The Bertz CT molecular complexity index is 155. The van der Waals surface area contributed by atoms with Crippen molar-refractivity contribution in [2.45, 2.75) is 39.7 Å². The standard InChI is InChI=1S/C9H21N3O/c1-4-8(5-2)7(3)11-6-9(10)12-13/h7-8,11,13H,4-6H2,1-3H3,(H2,10,12). The maximum atomic E-state index is 8.32. The summed E-state index contributed by atoms with van der Waals surface area (Å²) >= 11 is 0. The molecule has 0 aliphatic carbocycles. The first-order valence-electron chi connectivity index (χ1n) is 4.85. The first-order valence-corrected chi connectivity index (χ1v) is 4.85. The topological polar surface area (TPSA) is 70.6 Å². The fraction of sp³-hybridized carbons (Fsp3) is 0.889. The Kier molecular flexibility index (Phi) is 6.32. The van der Waals surface area contributed by atoms with Crippen LogP contribution in [0.5, 0.6) is 0 Å². The van der Waals surface area contributed by atoms with Gasteiger partial charge in [-0.3, -0.25) is 0 Å². The van der Waals surface area contributed by atoms with Gasteiger partial charge in [0.2, 0.25) is 0 Å². The molecular weight excluding hydrogens is 166 g/mol. The lowest BCUT2D eigenvalue weighted by Crippen LogP contribution is -2.39. The molecule has 0 saturated carbocycles. The average Bonchev–Trinajstić information content (AvgIpc) is 2.16. The highest BCUT2D eigenvalue weighted by Crippen LogP contribution is 2.11. The smallest absolute Gasteiger partial charge is 0.153 e. The molecule has 0 radical (unpaired) electrons. The van der Waals surface area contributed by atoms with Crippen molar-refractivity contribution in [2.75, 3.05) is 6.54 Å². The lowest BCUT2D eigenvalue weighted by atomic mass is 9.95. The third kappa shape index (κ3) is 4.72. The Hall–Kier alpha value is -0.770. The largest absolute Gasteiger partial charge is 0.409 e. The maximum absolute atomic E-state index is 8.32. The average molecular weight is 187 g/mol. The third-order valence-corrected chi connectivity index (χ3v) is 2.49. The molecule has 0 aliphatic heterocycles. The van der Waals surface area contributed by atoms with E-state index in [1.54, 1.807) is 0 Å². The van der Waals surface area contributed by atoms with Gasteiger partial charge >= 0.3 is 0 Å². The van der Waals surface area contributed by atoms with Crippen LogP contribution in [0.4, 0.5) is 0 Å². The molecule has 0 aliphatic rings. The maximum Gasteiger partial charge on any atom is 0.153 e. The Balaban J connectivity index is 3.78. The van der Waals surface area contributed by atoms with Gasteiger partial charge in [0.15, 0.2) is 5.84 Å². The highest BCUT2D eigenvalue weighted by Gasteiger charge is 2.12. The van der Waals surface area contributed by atoms with Crippen LogP contribution in [-0.4, -0.2) is 23.6 Å². The number of nitrogens with two attached hydrogens (primary N) is 1. The molecule has 0 aromatic heterocycles. The van der Waals surface area contributed by atoms with Crippen LogP contribution in [0, 0.1) is 5.92 Å². The quantitative estimate of drug-likeness (QED) is 0.253. The van der Waals surface area contributed by atoms with Crippen molar-refractivity contribution in [1.82, 2.24) is 5.32 Å². The Morgan fingerprint density at radius 3 is 2.38 bits per heavy atom. The van der Waals surface area contributed by atoms with E-state index < -0.39 is 0 Å². The van der Waals surface area contributed by atoms with Crippen molar-refractivity contribution in [3.63, 3.8) is 0 Å². The highest BCUT2D eigenvalue weighted by atomic mass is 16.4. The molecule has 1 unspecified atom stereocenters. The van der Waals surface area contributed by atoms with Crippen molar-refractivity contribution in [2.24, 2.45) is 16.8 Å². The minimum Gasteiger partial charge on any atom is -0.409 e. The molecule has 0 aromatic carbocycles. The van der Waals surface area contributed by atoms with E-state index in [1.165, 1.54) is 0 Å². The molecular formula is C9H21N3O. The number of nitrogens with one attached hydrogen (secondary N) is 1. The van der Waals surface area contributed by atoms with Crippen LogP contribution in [0.25, 0.3) is 0 Å². The zero-order valence-corrected chi connectivity index (χ0v) is 8.75. The van der Waals surface area contributed by atoms with Gasteiger partial charge in [0, 0.05) is 6.04 Å². The van der Waals surface area contributed by atoms with E-state index in [-0.39, 0.29) is 5.84 Å². The fourth-order valence-corrected chi connectivity index (χ4v) is 1.46. The van der Waals surface area contributed by atoms with E-state index >= 15 is 0 Å². The zero-order valence-electron chi connectivity index (χ0n) is 8.75. The summed E-state index contributed by atoms with van der Waals surface area (Å²) in [5.41, 5.74) is 5.34. The Morgan fingerprint density at radius 1 is 1.46 bits per heavy atom. The Labute approximate surface area is 80.2 Å². The summed E-state index contributed by atoms with van der Waals surface area (Å²) in [4.78, 5) is 0. The van der Waals surface area contributed by atoms with Crippen molar-refractivity contribution in [3.05, 3.63) is 0 Å². The minimum atomic E-state index is 0.234. The second-order valence-electron chi connectivity index (χ2n) is 3.34. The second-order valence-corrected chi connectivity index (χ2v) is 3.34. The monoisotopic (exact) mass is 187 g/mol. The van der Waals surface area contributed by atoms with Gasteiger partial charge < -0.3 is 16.3 Å². The van der Waals surface area contributed by atoms with E-state index in [0.29, 0.717) is 18.5 Å². The number of amidine groups is 1. The van der Waals surface area contributed by atoms with E-state index in [1.807, 2.05) is 0 Å². The summed E-state index contributed by atoms with van der Waals surface area (Å²) in [6, 6.07) is 0.412. The van der Waals surface area contributed by atoms with Crippen molar-refractivity contribution in [3.8, 4) is 0 Å². The molecule has 4 heteroatoms. The van der Waals surface area contributed by atoms with Crippen LogP contribution in [0.2, 0.25) is 0 Å². The Morgan fingerprint density at radius 2 is 2.00 bits per heavy atom. The van der Waals surface area contributed by atoms with Crippen LogP contribution in [0.3, 0.4) is 0 Å². The summed E-state index contributed by atoms with van der Waals surface area (Å²) in [6.45, 7) is 6.93. The molecule has 0 heterocycles. The van der Waals surface area contributed by atoms with Gasteiger partial charge in [0.25, 0.3) is 0 Å². The highest BCUT2D eigenvalue weighted by molar-refractivity contribution is 5.81. The summed E-state index contributed by atoms with van der Waals surface area (Å²) < 4.78 is 0. The van der Waals surface area contributed by atoms with E-state index in [0.717, 1.165) is 12.8 Å². The molecule has 0 spiro atoms. The molecule has 4 N–H and O–H groups in total. The van der Waals surface area contributed by atoms with Crippen LogP contribution in [0.15, 0.2) is 5.16 Å². The van der Waals surface area contributed by atoms with E-state index in [4.69, 9.17) is 10.9 Å². The first kappa shape index (κ1) is 12.2. The minimum absolute atomic E-state index is 0.234. The molecule has 13 heavy (non-hydrogen) atoms. The van der Waals surface area contributed by atoms with Gasteiger partial charge in [0.1, 0.15) is 0 Å². The molecule has 1 atom stereocenters. The zero-order chi connectivity index (χ0) is 10.3. The number of hydrogen-bond acceptors (Lipinski definition) is 3. The summed E-state index contributed by atoms with van der Waals surface area (Å²) in [7, 11) is 0. The van der Waals surface area contributed by atoms with Gasteiger partial charge in [0.05, 0.1) is 6.54 Å². The predicted octanol–water partition coefficient (Wildman–Crippen LogP) is 1.15. The lowest BCUT2D eigenvalue weighted by Gasteiger charge is -2.22. The van der Waals surface area contributed by atoms with Crippen molar-refractivity contribution in [1.29, 1.82) is 0 Å². The van der Waals surface area contributed by atoms with Gasteiger partial charge in [-0.1, -0.05) is 31.8 Å². The molecule has 78 valence electrons. The number of rotatable bonds is 6. The van der Waals surface area contributed by atoms with Crippen LogP contribution in [0.1, 0.15) is 33.6 Å². The summed E-state index contributed by atoms with van der Waals surface area (Å²) in [6.07, 6.45) is 2.31. The normalized spacial score (nSPS) is 14.9. The molecule has 0 amide bonds. The number of oxime groups is 1. The predicted molar refractivity (Wildman–Crippen MR) is 54.9 cm³/mol. The summed E-state index contributed by atoms with van der Waals surface area (Å²) in [5, 5.41) is 14.4. The van der Waals surface area contributed by atoms with E-state index in [2.05, 4.69) is 31.2 Å². The van der Waals surface area contributed by atoms with Gasteiger partial charge in [-0.25, -0.2) is 0 Å². The number of hydrogen-bond donors (Lipinski definition) is 3. The van der Waals surface area contributed by atoms with Crippen LogP contribution < -0.4 is 11.1 Å². The number of nitrogens with zero attached hydrogens (tertiary/aromatic N) is 1. The third-order valence-electron chi connectivity index (χ3n) is 2.49. The molecule has 0 aromatic rings. The van der Waals surface area contributed by atoms with Crippen molar-refractivity contribution >= 4 is 5.84 Å². The van der Waals surface area contributed by atoms with Crippen LogP contribution in [-0.2, 0) is 0 Å². The first-order chi connectivity index (χ1) is 6.15. The van der Waals surface area contributed by atoms with Gasteiger partial charge in [-0.15, -0.1) is 0 Å². The molecule has 0 bridgehead atoms. The van der Waals surface area contributed by atoms with Gasteiger partial charge in [-0.2, -0.15) is 0 Å². The SMILES string of the molecule is CCC(CC)C(C)NCC(N)=NO. The molecule has 4 nitrogen and oxygen atoms in total. The van der Waals surface area contributed by atoms with Crippen LogP contribution >= 0.6 is 0 Å². The molecule has 0 fully saturated rings. The molecule has 0 rings (SSSR count). The second kappa shape index (κ2) is 6.71. The fourth-order valence-electron chi connectivity index (χ4n) is 1.46. The summed E-state index contributed by atoms with van der Waals surface area (Å²) in [5.74, 6) is 0.893. The lowest BCUT2D eigenvalue weighted by molar-refractivity contribution is 0.314.